The van der Waals surface area contributed by atoms with E-state index < -0.39 is 0 Å². The predicted molar refractivity (Wildman–Crippen MR) is 69.4 cm³/mol. The van der Waals surface area contributed by atoms with Gasteiger partial charge >= 0.3 is 0 Å². The molecule has 0 unspecified atom stereocenters. The zero-order valence-corrected chi connectivity index (χ0v) is 9.92. The highest BCUT2D eigenvalue weighted by atomic mass is 16.1. The van der Waals surface area contributed by atoms with E-state index in [9.17, 15) is 4.79 Å². The molecule has 1 aromatic heterocycles. The fourth-order valence-electron chi connectivity index (χ4n) is 1.67. The molecule has 0 amide bonds. The standard InChI is InChI=1S/C14H14N2O/c1-16(2)13-7-5-11(6-8-13)14-12(10-17)4-3-9-15-14/h3-10H,1-2H3. The van der Waals surface area contributed by atoms with Crippen molar-refractivity contribution in [2.45, 2.75) is 0 Å². The van der Waals surface area contributed by atoms with Gasteiger partial charge in [0.2, 0.25) is 0 Å². The molecular weight excluding hydrogens is 212 g/mol. The van der Waals surface area contributed by atoms with Gasteiger partial charge in [0.15, 0.2) is 6.29 Å². The molecule has 0 atom stereocenters. The SMILES string of the molecule is CN(C)c1ccc(-c2ncccc2C=O)cc1. The van der Waals surface area contributed by atoms with E-state index in [0.717, 1.165) is 23.2 Å². The van der Waals surface area contributed by atoms with E-state index in [1.165, 1.54) is 0 Å². The minimum absolute atomic E-state index is 0.616. The first-order valence-corrected chi connectivity index (χ1v) is 5.40. The Morgan fingerprint density at radius 2 is 1.82 bits per heavy atom. The van der Waals surface area contributed by atoms with Crippen LogP contribution in [0.1, 0.15) is 10.4 Å². The number of nitrogens with zero attached hydrogens (tertiary/aromatic N) is 2. The lowest BCUT2D eigenvalue weighted by molar-refractivity contribution is 0.112. The molecule has 0 bridgehead atoms. The van der Waals surface area contributed by atoms with Crippen LogP contribution in [-0.4, -0.2) is 25.4 Å². The van der Waals surface area contributed by atoms with Crippen molar-refractivity contribution >= 4 is 12.0 Å². The molecule has 0 aliphatic heterocycles. The molecule has 0 saturated carbocycles. The summed E-state index contributed by atoms with van der Waals surface area (Å²) in [6, 6.07) is 11.5. The maximum absolute atomic E-state index is 10.9. The minimum Gasteiger partial charge on any atom is -0.378 e. The van der Waals surface area contributed by atoms with Crippen LogP contribution in [0.25, 0.3) is 11.3 Å². The smallest absolute Gasteiger partial charge is 0.152 e. The summed E-state index contributed by atoms with van der Waals surface area (Å²) < 4.78 is 0. The van der Waals surface area contributed by atoms with Gasteiger partial charge in [-0.05, 0) is 24.3 Å². The second kappa shape index (κ2) is 4.78. The highest BCUT2D eigenvalue weighted by Crippen LogP contribution is 2.22. The van der Waals surface area contributed by atoms with Crippen molar-refractivity contribution in [2.75, 3.05) is 19.0 Å². The van der Waals surface area contributed by atoms with Crippen LogP contribution in [0.15, 0.2) is 42.6 Å². The second-order valence-electron chi connectivity index (χ2n) is 4.00. The first-order chi connectivity index (χ1) is 8.22. The summed E-state index contributed by atoms with van der Waals surface area (Å²) >= 11 is 0. The molecule has 3 nitrogen and oxygen atoms in total. The molecule has 17 heavy (non-hydrogen) atoms. The molecule has 0 aliphatic rings. The molecule has 86 valence electrons. The summed E-state index contributed by atoms with van der Waals surface area (Å²) in [5.74, 6) is 0. The zero-order chi connectivity index (χ0) is 12.3. The summed E-state index contributed by atoms with van der Waals surface area (Å²) in [7, 11) is 3.99. The third-order valence-corrected chi connectivity index (χ3v) is 2.62. The molecule has 0 saturated heterocycles. The fourth-order valence-corrected chi connectivity index (χ4v) is 1.67. The molecule has 2 rings (SSSR count). The normalized spacial score (nSPS) is 10.0. The van der Waals surface area contributed by atoms with Gasteiger partial charge in [-0.3, -0.25) is 9.78 Å². The average Bonchev–Trinajstić information content (AvgIpc) is 2.39. The van der Waals surface area contributed by atoms with Gasteiger partial charge in [0.1, 0.15) is 0 Å². The average molecular weight is 226 g/mol. The van der Waals surface area contributed by atoms with Gasteiger partial charge in [0.05, 0.1) is 5.69 Å². The van der Waals surface area contributed by atoms with E-state index in [0.29, 0.717) is 5.56 Å². The van der Waals surface area contributed by atoms with Gasteiger partial charge in [-0.15, -0.1) is 0 Å². The van der Waals surface area contributed by atoms with Crippen LogP contribution in [0.5, 0.6) is 0 Å². The lowest BCUT2D eigenvalue weighted by Crippen LogP contribution is -2.08. The number of hydrogen-bond donors (Lipinski definition) is 0. The summed E-state index contributed by atoms with van der Waals surface area (Å²) in [6.07, 6.45) is 2.53. The third-order valence-electron chi connectivity index (χ3n) is 2.62. The van der Waals surface area contributed by atoms with Gasteiger partial charge in [-0.25, -0.2) is 0 Å². The summed E-state index contributed by atoms with van der Waals surface area (Å²) in [5, 5.41) is 0. The lowest BCUT2D eigenvalue weighted by atomic mass is 10.1. The summed E-state index contributed by atoms with van der Waals surface area (Å²) in [4.78, 5) is 17.2. The van der Waals surface area contributed by atoms with E-state index in [-0.39, 0.29) is 0 Å². The molecule has 2 aromatic rings. The van der Waals surface area contributed by atoms with Gasteiger partial charge in [0.25, 0.3) is 0 Å². The quantitative estimate of drug-likeness (QED) is 0.754. The number of hydrogen-bond acceptors (Lipinski definition) is 3. The molecule has 0 spiro atoms. The van der Waals surface area contributed by atoms with Crippen molar-refractivity contribution in [1.29, 1.82) is 0 Å². The van der Waals surface area contributed by atoms with Gasteiger partial charge in [0, 0.05) is 37.1 Å². The monoisotopic (exact) mass is 226 g/mol. The third kappa shape index (κ3) is 2.33. The Labute approximate surface area is 101 Å². The molecule has 0 N–H and O–H groups in total. The zero-order valence-electron chi connectivity index (χ0n) is 9.92. The van der Waals surface area contributed by atoms with Crippen LogP contribution in [0.3, 0.4) is 0 Å². The van der Waals surface area contributed by atoms with Crippen LogP contribution in [-0.2, 0) is 0 Å². The van der Waals surface area contributed by atoms with E-state index in [4.69, 9.17) is 0 Å². The topological polar surface area (TPSA) is 33.2 Å². The maximum Gasteiger partial charge on any atom is 0.152 e. The Balaban J connectivity index is 2.43. The number of aromatic nitrogens is 1. The van der Waals surface area contributed by atoms with Crippen LogP contribution in [0.4, 0.5) is 5.69 Å². The van der Waals surface area contributed by atoms with Gasteiger partial charge in [-0.1, -0.05) is 12.1 Å². The summed E-state index contributed by atoms with van der Waals surface area (Å²) in [5.41, 5.74) is 3.42. The molecular formula is C14H14N2O. The van der Waals surface area contributed by atoms with Gasteiger partial charge in [-0.2, -0.15) is 0 Å². The predicted octanol–water partition coefficient (Wildman–Crippen LogP) is 2.63. The maximum atomic E-state index is 10.9. The highest BCUT2D eigenvalue weighted by Gasteiger charge is 2.05. The molecule has 3 heteroatoms. The fraction of sp³-hybridized carbons (Fsp3) is 0.143. The summed E-state index contributed by atoms with van der Waals surface area (Å²) in [6.45, 7) is 0. The van der Waals surface area contributed by atoms with Crippen LogP contribution < -0.4 is 4.90 Å². The number of benzene rings is 1. The Kier molecular flexibility index (Phi) is 3.19. The number of carbonyl (C=O) groups excluding carboxylic acids is 1. The van der Waals surface area contributed by atoms with Crippen molar-refractivity contribution in [1.82, 2.24) is 4.98 Å². The highest BCUT2D eigenvalue weighted by molar-refractivity contribution is 5.85. The Bertz CT molecular complexity index is 518. The molecule has 0 radical (unpaired) electrons. The first-order valence-electron chi connectivity index (χ1n) is 5.40. The minimum atomic E-state index is 0.616. The van der Waals surface area contributed by atoms with Crippen molar-refractivity contribution in [2.24, 2.45) is 0 Å². The van der Waals surface area contributed by atoms with E-state index in [1.807, 2.05) is 43.3 Å². The Morgan fingerprint density at radius 3 is 2.41 bits per heavy atom. The molecule has 0 fully saturated rings. The Morgan fingerprint density at radius 1 is 1.12 bits per heavy atom. The van der Waals surface area contributed by atoms with Crippen molar-refractivity contribution in [3.05, 3.63) is 48.2 Å². The van der Waals surface area contributed by atoms with E-state index in [2.05, 4.69) is 4.98 Å². The largest absolute Gasteiger partial charge is 0.378 e. The number of carbonyl (C=O) groups is 1. The molecule has 0 aliphatic carbocycles. The van der Waals surface area contributed by atoms with Crippen LogP contribution in [0.2, 0.25) is 0 Å². The Hall–Kier alpha value is -2.16. The molecule has 1 heterocycles. The number of aldehydes is 1. The van der Waals surface area contributed by atoms with Crippen LogP contribution >= 0.6 is 0 Å². The number of anilines is 1. The number of pyridine rings is 1. The first kappa shape index (κ1) is 11.3. The molecule has 1 aromatic carbocycles. The van der Waals surface area contributed by atoms with Crippen molar-refractivity contribution in [3.8, 4) is 11.3 Å². The van der Waals surface area contributed by atoms with E-state index >= 15 is 0 Å². The van der Waals surface area contributed by atoms with Crippen LogP contribution in [0, 0.1) is 0 Å². The van der Waals surface area contributed by atoms with Gasteiger partial charge < -0.3 is 4.90 Å². The van der Waals surface area contributed by atoms with Crippen molar-refractivity contribution in [3.63, 3.8) is 0 Å². The van der Waals surface area contributed by atoms with E-state index in [1.54, 1.807) is 18.3 Å². The number of rotatable bonds is 3. The lowest BCUT2D eigenvalue weighted by Gasteiger charge is -2.12. The second-order valence-corrected chi connectivity index (χ2v) is 4.00. The van der Waals surface area contributed by atoms with Crippen molar-refractivity contribution < 1.29 is 4.79 Å².